The van der Waals surface area contributed by atoms with E-state index in [2.05, 4.69) is 19.9 Å². The van der Waals surface area contributed by atoms with Crippen LogP contribution in [0.3, 0.4) is 0 Å². The fourth-order valence-corrected chi connectivity index (χ4v) is 3.08. The van der Waals surface area contributed by atoms with Crippen LogP contribution < -0.4 is 4.74 Å². The molecule has 0 aliphatic rings. The van der Waals surface area contributed by atoms with Crippen LogP contribution in [0.5, 0.6) is 5.88 Å². The smallest absolute Gasteiger partial charge is 0.213 e. The quantitative estimate of drug-likeness (QED) is 0.565. The van der Waals surface area contributed by atoms with Crippen molar-refractivity contribution < 1.29 is 4.74 Å². The van der Waals surface area contributed by atoms with Crippen molar-refractivity contribution in [3.8, 4) is 5.88 Å². The fourth-order valence-electron chi connectivity index (χ4n) is 2.85. The molecule has 1 heterocycles. The lowest BCUT2D eigenvalue weighted by Crippen LogP contribution is -2.04. The van der Waals surface area contributed by atoms with Crippen molar-refractivity contribution >= 4 is 11.6 Å². The van der Waals surface area contributed by atoms with Gasteiger partial charge in [0.1, 0.15) is 6.61 Å². The highest BCUT2D eigenvalue weighted by Crippen LogP contribution is 2.26. The molecule has 0 bridgehead atoms. The third-order valence-electron chi connectivity index (χ3n) is 4.12. The Morgan fingerprint density at radius 2 is 1.83 bits per heavy atom. The van der Waals surface area contributed by atoms with Gasteiger partial charge in [0.2, 0.25) is 5.88 Å². The van der Waals surface area contributed by atoms with Crippen molar-refractivity contribution in [3.63, 3.8) is 0 Å². The van der Waals surface area contributed by atoms with Gasteiger partial charge in [0.15, 0.2) is 0 Å². The fraction of sp³-hybridized carbons (Fsp3) is 0.450. The molecule has 2 nitrogen and oxygen atoms in total. The zero-order valence-electron chi connectivity index (χ0n) is 14.3. The van der Waals surface area contributed by atoms with E-state index in [0.717, 1.165) is 21.8 Å². The highest BCUT2D eigenvalue weighted by atomic mass is 35.5. The average molecular weight is 332 g/mol. The third-order valence-corrected chi connectivity index (χ3v) is 4.35. The summed E-state index contributed by atoms with van der Waals surface area (Å²) in [4.78, 5) is 4.72. The molecule has 23 heavy (non-hydrogen) atoms. The van der Waals surface area contributed by atoms with E-state index in [1.54, 1.807) is 0 Å². The zero-order valence-corrected chi connectivity index (χ0v) is 15.1. The van der Waals surface area contributed by atoms with Gasteiger partial charge >= 0.3 is 0 Å². The van der Waals surface area contributed by atoms with Gasteiger partial charge in [-0.2, -0.15) is 0 Å². The molecule has 0 spiro atoms. The van der Waals surface area contributed by atoms with Gasteiger partial charge in [-0.3, -0.25) is 0 Å². The van der Waals surface area contributed by atoms with Gasteiger partial charge in [-0.1, -0.05) is 50.4 Å². The molecule has 1 aromatic heterocycles. The molecule has 0 radical (unpaired) electrons. The predicted molar refractivity (Wildman–Crippen MR) is 97.3 cm³/mol. The SMILES string of the molecule is CCCC(CCC)c1cccc(OCc2ccc(Cl)cc2C)n1. The van der Waals surface area contributed by atoms with Crippen LogP contribution in [0.1, 0.15) is 62.3 Å². The molecule has 1 aromatic carbocycles. The Balaban J connectivity index is 2.07. The molecular weight excluding hydrogens is 306 g/mol. The summed E-state index contributed by atoms with van der Waals surface area (Å²) < 4.78 is 5.91. The van der Waals surface area contributed by atoms with Gasteiger partial charge < -0.3 is 4.74 Å². The lowest BCUT2D eigenvalue weighted by molar-refractivity contribution is 0.291. The van der Waals surface area contributed by atoms with Crippen LogP contribution in [0.2, 0.25) is 5.02 Å². The van der Waals surface area contributed by atoms with Gasteiger partial charge in [-0.05, 0) is 49.1 Å². The van der Waals surface area contributed by atoms with E-state index < -0.39 is 0 Å². The summed E-state index contributed by atoms with van der Waals surface area (Å²) in [6.07, 6.45) is 4.73. The number of nitrogens with zero attached hydrogens (tertiary/aromatic N) is 1. The van der Waals surface area contributed by atoms with Crippen molar-refractivity contribution in [2.24, 2.45) is 0 Å². The van der Waals surface area contributed by atoms with E-state index in [9.17, 15) is 0 Å². The molecule has 0 fully saturated rings. The number of aryl methyl sites for hydroxylation is 1. The Hall–Kier alpha value is -1.54. The first-order valence-electron chi connectivity index (χ1n) is 8.48. The summed E-state index contributed by atoms with van der Waals surface area (Å²) in [5.74, 6) is 1.24. The van der Waals surface area contributed by atoms with Crippen molar-refractivity contribution in [1.29, 1.82) is 0 Å². The Bertz CT molecular complexity index is 621. The lowest BCUT2D eigenvalue weighted by atomic mass is 9.94. The molecule has 0 saturated heterocycles. The summed E-state index contributed by atoms with van der Waals surface area (Å²) in [5.41, 5.74) is 3.43. The lowest BCUT2D eigenvalue weighted by Gasteiger charge is -2.16. The molecule has 3 heteroatoms. The van der Waals surface area contributed by atoms with Gasteiger partial charge in [-0.25, -0.2) is 4.98 Å². The summed E-state index contributed by atoms with van der Waals surface area (Å²) in [6, 6.07) is 12.0. The van der Waals surface area contributed by atoms with Crippen LogP contribution >= 0.6 is 11.6 Å². The zero-order chi connectivity index (χ0) is 16.7. The van der Waals surface area contributed by atoms with Crippen molar-refractivity contribution in [2.45, 2.75) is 59.0 Å². The monoisotopic (exact) mass is 331 g/mol. The number of aromatic nitrogens is 1. The highest BCUT2D eigenvalue weighted by molar-refractivity contribution is 6.30. The predicted octanol–water partition coefficient (Wildman–Crippen LogP) is 6.31. The van der Waals surface area contributed by atoms with E-state index >= 15 is 0 Å². The molecule has 0 aliphatic carbocycles. The van der Waals surface area contributed by atoms with E-state index in [1.165, 1.54) is 25.7 Å². The Morgan fingerprint density at radius 1 is 1.09 bits per heavy atom. The van der Waals surface area contributed by atoms with Crippen molar-refractivity contribution in [3.05, 3.63) is 58.2 Å². The Morgan fingerprint density at radius 3 is 2.48 bits per heavy atom. The van der Waals surface area contributed by atoms with Gasteiger partial charge in [0.25, 0.3) is 0 Å². The van der Waals surface area contributed by atoms with Crippen LogP contribution in [0.25, 0.3) is 0 Å². The largest absolute Gasteiger partial charge is 0.473 e. The molecule has 0 atom stereocenters. The summed E-state index contributed by atoms with van der Waals surface area (Å²) >= 11 is 6.00. The first kappa shape index (κ1) is 17.8. The van der Waals surface area contributed by atoms with Crippen LogP contribution in [-0.2, 0) is 6.61 Å². The molecule has 2 rings (SSSR count). The minimum absolute atomic E-state index is 0.520. The first-order valence-corrected chi connectivity index (χ1v) is 8.86. The molecule has 0 unspecified atom stereocenters. The number of hydrogen-bond donors (Lipinski definition) is 0. The minimum Gasteiger partial charge on any atom is -0.473 e. The molecule has 124 valence electrons. The van der Waals surface area contributed by atoms with Gasteiger partial charge in [-0.15, -0.1) is 0 Å². The van der Waals surface area contributed by atoms with Gasteiger partial charge in [0, 0.05) is 22.7 Å². The molecule has 2 aromatic rings. The second-order valence-corrected chi connectivity index (χ2v) is 6.47. The van der Waals surface area contributed by atoms with Crippen LogP contribution in [0.4, 0.5) is 0 Å². The Kier molecular flexibility index (Phi) is 6.91. The van der Waals surface area contributed by atoms with Crippen LogP contribution in [0, 0.1) is 6.92 Å². The second kappa shape index (κ2) is 8.93. The number of pyridine rings is 1. The highest BCUT2D eigenvalue weighted by Gasteiger charge is 2.12. The van der Waals surface area contributed by atoms with E-state index in [4.69, 9.17) is 21.3 Å². The maximum atomic E-state index is 6.00. The number of ether oxygens (including phenoxy) is 1. The van der Waals surface area contributed by atoms with Crippen molar-refractivity contribution in [2.75, 3.05) is 0 Å². The van der Waals surface area contributed by atoms with E-state index in [-0.39, 0.29) is 0 Å². The second-order valence-electron chi connectivity index (χ2n) is 6.03. The maximum Gasteiger partial charge on any atom is 0.213 e. The maximum absolute atomic E-state index is 6.00. The number of benzene rings is 1. The number of rotatable bonds is 8. The van der Waals surface area contributed by atoms with Crippen molar-refractivity contribution in [1.82, 2.24) is 4.98 Å². The summed E-state index contributed by atoms with van der Waals surface area (Å²) in [5, 5.41) is 0.758. The minimum atomic E-state index is 0.520. The van der Waals surface area contributed by atoms with Gasteiger partial charge in [0.05, 0.1) is 0 Å². The van der Waals surface area contributed by atoms with Crippen LogP contribution in [-0.4, -0.2) is 4.98 Å². The summed E-state index contributed by atoms with van der Waals surface area (Å²) in [7, 11) is 0. The number of hydrogen-bond acceptors (Lipinski definition) is 2. The molecule has 0 saturated carbocycles. The normalized spacial score (nSPS) is 11.0. The topological polar surface area (TPSA) is 22.1 Å². The molecular formula is C20H26ClNO. The van der Waals surface area contributed by atoms with Crippen LogP contribution in [0.15, 0.2) is 36.4 Å². The van der Waals surface area contributed by atoms with E-state index in [1.807, 2.05) is 37.3 Å². The standard InChI is InChI=1S/C20H26ClNO/c1-4-7-16(8-5-2)19-9-6-10-20(22-19)23-14-17-11-12-18(21)13-15(17)3/h6,9-13,16H,4-5,7-8,14H2,1-3H3. The summed E-state index contributed by atoms with van der Waals surface area (Å²) in [6.45, 7) is 7.03. The number of halogens is 1. The molecule has 0 amide bonds. The van der Waals surface area contributed by atoms with E-state index in [0.29, 0.717) is 18.4 Å². The average Bonchev–Trinajstić information content (AvgIpc) is 2.54. The third kappa shape index (κ3) is 5.24. The molecule has 0 aliphatic heterocycles. The first-order chi connectivity index (χ1) is 11.1. The Labute approximate surface area is 144 Å². The molecule has 0 N–H and O–H groups in total.